The van der Waals surface area contributed by atoms with Crippen LogP contribution in [0.2, 0.25) is 0 Å². The number of nitrogens with one attached hydrogen (secondary N) is 1. The number of nitrogens with zero attached hydrogens (tertiary/aromatic N) is 1. The van der Waals surface area contributed by atoms with Gasteiger partial charge in [0.2, 0.25) is 0 Å². The first-order chi connectivity index (χ1) is 9.67. The Labute approximate surface area is 123 Å². The molecule has 0 bridgehead atoms. The van der Waals surface area contributed by atoms with E-state index in [2.05, 4.69) is 5.32 Å². The summed E-state index contributed by atoms with van der Waals surface area (Å²) in [4.78, 5) is 14.1. The van der Waals surface area contributed by atoms with Crippen LogP contribution in [-0.4, -0.2) is 41.3 Å². The first-order valence-electron chi connectivity index (χ1n) is 7.07. The van der Waals surface area contributed by atoms with Crippen molar-refractivity contribution in [2.24, 2.45) is 0 Å². The number of rotatable bonds is 1. The van der Waals surface area contributed by atoms with Gasteiger partial charge in [0.1, 0.15) is 4.93 Å². The maximum Gasteiger partial charge on any atom is 0.321 e. The van der Waals surface area contributed by atoms with Crippen molar-refractivity contribution in [2.45, 2.75) is 24.7 Å². The van der Waals surface area contributed by atoms with Gasteiger partial charge in [-0.1, -0.05) is 17.7 Å². The number of anilines is 1. The number of piperidine rings is 1. The molecule has 4 nitrogen and oxygen atoms in total. The highest BCUT2D eigenvalue weighted by Gasteiger charge is 2.40. The summed E-state index contributed by atoms with van der Waals surface area (Å²) < 4.78 is 5.85. The minimum Gasteiger partial charge on any atom is -0.363 e. The predicted octanol–water partition coefficient (Wildman–Crippen LogP) is 3.08. The number of carbonyl (C=O) groups excluding carboxylic acids is 1. The summed E-state index contributed by atoms with van der Waals surface area (Å²) in [6.45, 7) is 4.42. The monoisotopic (exact) mass is 292 g/mol. The molecule has 0 atom stereocenters. The smallest absolute Gasteiger partial charge is 0.321 e. The van der Waals surface area contributed by atoms with Crippen molar-refractivity contribution in [1.29, 1.82) is 0 Å². The molecule has 5 heteroatoms. The topological polar surface area (TPSA) is 41.6 Å². The fourth-order valence-corrected chi connectivity index (χ4v) is 3.85. The standard InChI is InChI=1S/C15H20N2O2S/c1-12-2-4-13(5-3-12)16-14(18)17-8-6-15(7-9-17)19-10-11-20-15/h2-5H,6-11H2,1H3,(H,16,18). The highest BCUT2D eigenvalue weighted by Crippen LogP contribution is 2.41. The predicted molar refractivity (Wildman–Crippen MR) is 82.1 cm³/mol. The summed E-state index contributed by atoms with van der Waals surface area (Å²) >= 11 is 1.90. The number of hydrogen-bond donors (Lipinski definition) is 1. The third-order valence-electron chi connectivity index (χ3n) is 3.93. The van der Waals surface area contributed by atoms with E-state index in [9.17, 15) is 4.79 Å². The van der Waals surface area contributed by atoms with Gasteiger partial charge < -0.3 is 15.0 Å². The van der Waals surface area contributed by atoms with E-state index in [4.69, 9.17) is 4.74 Å². The number of thioether (sulfide) groups is 1. The summed E-state index contributed by atoms with van der Waals surface area (Å²) in [5.41, 5.74) is 2.05. The number of urea groups is 1. The van der Waals surface area contributed by atoms with Crippen LogP contribution >= 0.6 is 11.8 Å². The van der Waals surface area contributed by atoms with Crippen molar-refractivity contribution in [2.75, 3.05) is 30.8 Å². The Morgan fingerprint density at radius 1 is 1.30 bits per heavy atom. The number of aryl methyl sites for hydroxylation is 1. The van der Waals surface area contributed by atoms with Crippen molar-refractivity contribution in [1.82, 2.24) is 4.90 Å². The zero-order valence-corrected chi connectivity index (χ0v) is 12.5. The molecule has 2 saturated heterocycles. The molecular weight excluding hydrogens is 272 g/mol. The number of benzene rings is 1. The van der Waals surface area contributed by atoms with Crippen molar-refractivity contribution in [3.8, 4) is 0 Å². The SMILES string of the molecule is Cc1ccc(NC(=O)N2CCC3(CC2)OCCS3)cc1. The average molecular weight is 292 g/mol. The lowest BCUT2D eigenvalue weighted by Gasteiger charge is -2.37. The summed E-state index contributed by atoms with van der Waals surface area (Å²) in [7, 11) is 0. The average Bonchev–Trinajstić information content (AvgIpc) is 2.90. The molecule has 0 saturated carbocycles. The molecule has 1 aromatic rings. The van der Waals surface area contributed by atoms with E-state index >= 15 is 0 Å². The normalized spacial score (nSPS) is 21.1. The van der Waals surface area contributed by atoms with Gasteiger partial charge in [0.05, 0.1) is 6.61 Å². The number of hydrogen-bond acceptors (Lipinski definition) is 3. The minimum absolute atomic E-state index is 0.00769. The number of amides is 2. The third kappa shape index (κ3) is 2.94. The van der Waals surface area contributed by atoms with E-state index < -0.39 is 0 Å². The Hall–Kier alpha value is -1.20. The number of likely N-dealkylation sites (tertiary alicyclic amines) is 1. The van der Waals surface area contributed by atoms with Crippen LogP contribution in [0.1, 0.15) is 18.4 Å². The third-order valence-corrected chi connectivity index (χ3v) is 5.35. The van der Waals surface area contributed by atoms with Gasteiger partial charge in [0.25, 0.3) is 0 Å². The largest absolute Gasteiger partial charge is 0.363 e. The summed E-state index contributed by atoms with van der Waals surface area (Å²) in [5.74, 6) is 1.08. The molecule has 0 aromatic heterocycles. The van der Waals surface area contributed by atoms with Gasteiger partial charge in [0.15, 0.2) is 0 Å². The van der Waals surface area contributed by atoms with Gasteiger partial charge in [-0.05, 0) is 19.1 Å². The van der Waals surface area contributed by atoms with E-state index in [0.29, 0.717) is 0 Å². The van der Waals surface area contributed by atoms with Crippen LogP contribution in [0.3, 0.4) is 0 Å². The van der Waals surface area contributed by atoms with E-state index in [1.165, 1.54) is 5.56 Å². The number of carbonyl (C=O) groups is 1. The molecule has 1 N–H and O–H groups in total. The Morgan fingerprint density at radius 2 is 2.00 bits per heavy atom. The van der Waals surface area contributed by atoms with Crippen molar-refractivity contribution >= 4 is 23.5 Å². The molecular formula is C15H20N2O2S. The zero-order chi connectivity index (χ0) is 14.0. The van der Waals surface area contributed by atoms with Crippen LogP contribution in [-0.2, 0) is 4.74 Å². The molecule has 2 aliphatic heterocycles. The maximum absolute atomic E-state index is 12.2. The molecule has 2 aliphatic rings. The second-order valence-electron chi connectivity index (χ2n) is 5.39. The Kier molecular flexibility index (Phi) is 3.89. The fourth-order valence-electron chi connectivity index (χ4n) is 2.68. The molecule has 0 aliphatic carbocycles. The molecule has 2 heterocycles. The molecule has 0 unspecified atom stereocenters. The van der Waals surface area contributed by atoms with Crippen LogP contribution in [0.5, 0.6) is 0 Å². The molecule has 1 spiro atoms. The Balaban J connectivity index is 1.55. The lowest BCUT2D eigenvalue weighted by molar-refractivity contribution is 0.0105. The van der Waals surface area contributed by atoms with Gasteiger partial charge in [-0.3, -0.25) is 0 Å². The van der Waals surface area contributed by atoms with E-state index in [1.54, 1.807) is 0 Å². The van der Waals surface area contributed by atoms with Crippen LogP contribution in [0.15, 0.2) is 24.3 Å². The first-order valence-corrected chi connectivity index (χ1v) is 8.06. The van der Waals surface area contributed by atoms with Crippen molar-refractivity contribution in [3.63, 3.8) is 0 Å². The van der Waals surface area contributed by atoms with Crippen LogP contribution in [0.4, 0.5) is 10.5 Å². The highest BCUT2D eigenvalue weighted by molar-refractivity contribution is 8.00. The van der Waals surface area contributed by atoms with E-state index in [0.717, 1.165) is 44.0 Å². The van der Waals surface area contributed by atoms with Gasteiger partial charge in [-0.2, -0.15) is 0 Å². The Morgan fingerprint density at radius 3 is 2.60 bits per heavy atom. The van der Waals surface area contributed by atoms with Crippen molar-refractivity contribution < 1.29 is 9.53 Å². The van der Waals surface area contributed by atoms with Gasteiger partial charge >= 0.3 is 6.03 Å². The molecule has 0 radical (unpaired) electrons. The van der Waals surface area contributed by atoms with E-state index in [-0.39, 0.29) is 11.0 Å². The van der Waals surface area contributed by atoms with Crippen LogP contribution in [0.25, 0.3) is 0 Å². The van der Waals surface area contributed by atoms with Gasteiger partial charge in [-0.15, -0.1) is 11.8 Å². The molecule has 2 fully saturated rings. The second-order valence-corrected chi connectivity index (χ2v) is 6.83. The Bertz CT molecular complexity index is 473. The summed E-state index contributed by atoms with van der Waals surface area (Å²) in [6.07, 6.45) is 1.86. The maximum atomic E-state index is 12.2. The van der Waals surface area contributed by atoms with Gasteiger partial charge in [0, 0.05) is 37.4 Å². The van der Waals surface area contributed by atoms with Crippen LogP contribution < -0.4 is 5.32 Å². The lowest BCUT2D eigenvalue weighted by Crippen LogP contribution is -2.46. The molecule has 2 amide bonds. The van der Waals surface area contributed by atoms with Crippen LogP contribution in [0, 0.1) is 6.92 Å². The first kappa shape index (κ1) is 13.8. The quantitative estimate of drug-likeness (QED) is 0.865. The second kappa shape index (κ2) is 5.66. The van der Waals surface area contributed by atoms with Gasteiger partial charge in [-0.25, -0.2) is 4.79 Å². The molecule has 3 rings (SSSR count). The summed E-state index contributed by atoms with van der Waals surface area (Å²) in [6, 6.07) is 7.88. The highest BCUT2D eigenvalue weighted by atomic mass is 32.2. The summed E-state index contributed by atoms with van der Waals surface area (Å²) in [5, 5.41) is 2.96. The minimum atomic E-state index is -0.0133. The molecule has 1 aromatic carbocycles. The lowest BCUT2D eigenvalue weighted by atomic mass is 10.1. The zero-order valence-electron chi connectivity index (χ0n) is 11.7. The molecule has 20 heavy (non-hydrogen) atoms. The molecule has 108 valence electrons. The fraction of sp³-hybridized carbons (Fsp3) is 0.533. The number of ether oxygens (including phenoxy) is 1. The van der Waals surface area contributed by atoms with E-state index in [1.807, 2.05) is 47.9 Å². The van der Waals surface area contributed by atoms with Crippen molar-refractivity contribution in [3.05, 3.63) is 29.8 Å².